The number of rotatable bonds is 59. The standard InChI is InChI=1S/C73H122O6/c1-4-7-10-13-16-19-22-25-28-31-32-33-34-35-36-37-38-39-40-43-45-48-51-54-57-60-63-66-72(75)78-69-70(79-73(76)67-64-61-58-55-52-49-46-42-30-27-24-21-18-15-12-9-6-3)68-77-71(74)65-62-59-56-53-50-47-44-41-29-26-23-20-17-14-11-8-5-2/h9,12,17-18,20-22,25-27,29-32,34-35,46,49,55,58,70H,4-8,10-11,13-16,19,23-24,28,33,36-45,47-48,50-54,56-57,59-69H2,1-3H3/b12-9-,20-17-,21-18-,25-22-,29-26-,30-27-,32-31-,35-34-,49-46-,58-55-. The predicted octanol–water partition coefficient (Wildman–Crippen LogP) is 22.8. The molecule has 0 bridgehead atoms. The molecule has 0 heterocycles. The molecule has 0 fully saturated rings. The first kappa shape index (κ1) is 74.8. The van der Waals surface area contributed by atoms with Crippen molar-refractivity contribution in [2.75, 3.05) is 13.2 Å². The molecule has 0 aliphatic carbocycles. The molecule has 1 atom stereocenters. The molecular weight excluding hydrogens is 973 g/mol. The number of carbonyl (C=O) groups excluding carboxylic acids is 3. The fraction of sp³-hybridized carbons (Fsp3) is 0.685. The molecule has 0 spiro atoms. The third-order valence-corrected chi connectivity index (χ3v) is 13.9. The smallest absolute Gasteiger partial charge is 0.306 e. The van der Waals surface area contributed by atoms with Crippen LogP contribution in [0.2, 0.25) is 0 Å². The average Bonchev–Trinajstić information content (AvgIpc) is 3.45. The SMILES string of the molecule is CC/C=C\C/C=C\C/C=C\C/C=C\C/C=C\CCCC(=O)OC(COC(=O)CCCCCCCCC/C=C\C/C=C\CCCCC)COC(=O)CCCCCCCCCCCCCC/C=C\C/C=C\C/C=C\CCCCCCC. The lowest BCUT2D eigenvalue weighted by molar-refractivity contribution is -0.167. The third-order valence-electron chi connectivity index (χ3n) is 13.9. The Morgan fingerprint density at radius 1 is 0.266 bits per heavy atom. The van der Waals surface area contributed by atoms with Crippen LogP contribution in [-0.4, -0.2) is 37.2 Å². The maximum absolute atomic E-state index is 12.9. The van der Waals surface area contributed by atoms with Crippen molar-refractivity contribution in [1.82, 2.24) is 0 Å². The molecule has 79 heavy (non-hydrogen) atoms. The topological polar surface area (TPSA) is 78.9 Å². The Hall–Kier alpha value is -4.19. The summed E-state index contributed by atoms with van der Waals surface area (Å²) in [5, 5.41) is 0. The van der Waals surface area contributed by atoms with Gasteiger partial charge in [0.05, 0.1) is 0 Å². The van der Waals surface area contributed by atoms with Gasteiger partial charge in [-0.15, -0.1) is 0 Å². The van der Waals surface area contributed by atoms with Crippen LogP contribution < -0.4 is 0 Å². The van der Waals surface area contributed by atoms with E-state index >= 15 is 0 Å². The summed E-state index contributed by atoms with van der Waals surface area (Å²) < 4.78 is 16.9. The van der Waals surface area contributed by atoms with E-state index in [2.05, 4.69) is 142 Å². The third kappa shape index (κ3) is 64.5. The fourth-order valence-corrected chi connectivity index (χ4v) is 8.99. The van der Waals surface area contributed by atoms with Crippen molar-refractivity contribution in [3.05, 3.63) is 122 Å². The van der Waals surface area contributed by atoms with Crippen LogP contribution in [0.15, 0.2) is 122 Å². The van der Waals surface area contributed by atoms with Gasteiger partial charge in [0.2, 0.25) is 0 Å². The van der Waals surface area contributed by atoms with Crippen molar-refractivity contribution in [3.8, 4) is 0 Å². The first-order valence-corrected chi connectivity index (χ1v) is 33.0. The van der Waals surface area contributed by atoms with Gasteiger partial charge in [0.15, 0.2) is 6.10 Å². The van der Waals surface area contributed by atoms with E-state index in [0.717, 1.165) is 103 Å². The molecule has 6 nitrogen and oxygen atoms in total. The van der Waals surface area contributed by atoms with Crippen molar-refractivity contribution in [2.24, 2.45) is 0 Å². The Morgan fingerprint density at radius 3 is 0.835 bits per heavy atom. The molecule has 1 unspecified atom stereocenters. The summed E-state index contributed by atoms with van der Waals surface area (Å²) >= 11 is 0. The first-order chi connectivity index (χ1) is 39.0. The number of unbranched alkanes of at least 4 members (excludes halogenated alkanes) is 28. The van der Waals surface area contributed by atoms with Gasteiger partial charge in [-0.1, -0.05) is 277 Å². The van der Waals surface area contributed by atoms with Gasteiger partial charge in [0.25, 0.3) is 0 Å². The number of esters is 3. The van der Waals surface area contributed by atoms with E-state index in [1.54, 1.807) is 0 Å². The molecule has 0 amide bonds. The molecule has 0 N–H and O–H groups in total. The molecule has 6 heteroatoms. The Balaban J connectivity index is 4.40. The van der Waals surface area contributed by atoms with Crippen molar-refractivity contribution < 1.29 is 28.6 Å². The summed E-state index contributed by atoms with van der Waals surface area (Å²) in [7, 11) is 0. The van der Waals surface area contributed by atoms with Gasteiger partial charge < -0.3 is 14.2 Å². The lowest BCUT2D eigenvalue weighted by atomic mass is 10.0. The summed E-state index contributed by atoms with van der Waals surface area (Å²) in [4.78, 5) is 38.3. The first-order valence-electron chi connectivity index (χ1n) is 33.0. The van der Waals surface area contributed by atoms with Crippen LogP contribution in [0, 0.1) is 0 Å². The molecule has 0 rings (SSSR count). The van der Waals surface area contributed by atoms with Gasteiger partial charge >= 0.3 is 17.9 Å². The Labute approximate surface area is 488 Å². The van der Waals surface area contributed by atoms with Crippen LogP contribution in [0.1, 0.15) is 303 Å². The Bertz CT molecular complexity index is 1640. The Morgan fingerprint density at radius 2 is 0.506 bits per heavy atom. The van der Waals surface area contributed by atoms with E-state index in [4.69, 9.17) is 14.2 Å². The monoisotopic (exact) mass is 1090 g/mol. The Kier molecular flexibility index (Phi) is 62.8. The summed E-state index contributed by atoms with van der Waals surface area (Å²) in [5.74, 6) is -0.969. The number of allylic oxidation sites excluding steroid dienone is 20. The zero-order valence-corrected chi connectivity index (χ0v) is 51.6. The number of carbonyl (C=O) groups is 3. The predicted molar refractivity (Wildman–Crippen MR) is 343 cm³/mol. The second-order valence-electron chi connectivity index (χ2n) is 21.6. The van der Waals surface area contributed by atoms with Gasteiger partial charge in [0, 0.05) is 19.3 Å². The van der Waals surface area contributed by atoms with E-state index in [9.17, 15) is 14.4 Å². The van der Waals surface area contributed by atoms with Gasteiger partial charge in [-0.3, -0.25) is 14.4 Å². The van der Waals surface area contributed by atoms with Gasteiger partial charge in [0.1, 0.15) is 13.2 Å². The largest absolute Gasteiger partial charge is 0.462 e. The van der Waals surface area contributed by atoms with Crippen LogP contribution in [-0.2, 0) is 28.6 Å². The van der Waals surface area contributed by atoms with Crippen molar-refractivity contribution in [3.63, 3.8) is 0 Å². The number of hydrogen-bond donors (Lipinski definition) is 0. The molecule has 0 aromatic carbocycles. The molecule has 0 radical (unpaired) electrons. The molecule has 0 aliphatic heterocycles. The highest BCUT2D eigenvalue weighted by Gasteiger charge is 2.19. The van der Waals surface area contributed by atoms with E-state index in [1.165, 1.54) is 154 Å². The van der Waals surface area contributed by atoms with E-state index < -0.39 is 6.10 Å². The summed E-state index contributed by atoms with van der Waals surface area (Å²) in [6.45, 7) is 6.45. The quantitative estimate of drug-likeness (QED) is 0.0261. The second-order valence-corrected chi connectivity index (χ2v) is 21.6. The highest BCUT2D eigenvalue weighted by Crippen LogP contribution is 2.16. The van der Waals surface area contributed by atoms with Crippen molar-refractivity contribution >= 4 is 17.9 Å². The molecule has 0 aromatic rings. The van der Waals surface area contributed by atoms with Crippen molar-refractivity contribution in [2.45, 2.75) is 309 Å². The van der Waals surface area contributed by atoms with Gasteiger partial charge in [-0.2, -0.15) is 0 Å². The highest BCUT2D eigenvalue weighted by atomic mass is 16.6. The second kappa shape index (κ2) is 66.3. The zero-order valence-electron chi connectivity index (χ0n) is 51.6. The van der Waals surface area contributed by atoms with Crippen molar-refractivity contribution in [1.29, 1.82) is 0 Å². The highest BCUT2D eigenvalue weighted by molar-refractivity contribution is 5.71. The number of hydrogen-bond acceptors (Lipinski definition) is 6. The summed E-state index contributed by atoms with van der Waals surface area (Å²) in [6, 6.07) is 0. The van der Waals surface area contributed by atoms with Crippen LogP contribution in [0.25, 0.3) is 0 Å². The maximum atomic E-state index is 12.9. The van der Waals surface area contributed by atoms with Crippen LogP contribution in [0.3, 0.4) is 0 Å². The summed E-state index contributed by atoms with van der Waals surface area (Å²) in [5.41, 5.74) is 0. The van der Waals surface area contributed by atoms with Crippen LogP contribution >= 0.6 is 0 Å². The molecule has 0 aromatic heterocycles. The molecular formula is C73H122O6. The molecule has 0 aliphatic rings. The lowest BCUT2D eigenvalue weighted by Crippen LogP contribution is -2.30. The summed E-state index contributed by atoms with van der Waals surface area (Å²) in [6.07, 6.45) is 92.1. The minimum atomic E-state index is -0.817. The molecule has 450 valence electrons. The maximum Gasteiger partial charge on any atom is 0.306 e. The zero-order chi connectivity index (χ0) is 57.1. The minimum Gasteiger partial charge on any atom is -0.462 e. The fourth-order valence-electron chi connectivity index (χ4n) is 8.99. The minimum absolute atomic E-state index is 0.106. The normalized spacial score (nSPS) is 12.9. The van der Waals surface area contributed by atoms with Gasteiger partial charge in [-0.05, 0) is 128 Å². The molecule has 0 saturated heterocycles. The number of ether oxygens (including phenoxy) is 3. The lowest BCUT2D eigenvalue weighted by Gasteiger charge is -2.18. The van der Waals surface area contributed by atoms with Crippen LogP contribution in [0.5, 0.6) is 0 Å². The van der Waals surface area contributed by atoms with E-state index in [0.29, 0.717) is 19.3 Å². The van der Waals surface area contributed by atoms with E-state index in [-0.39, 0.29) is 37.5 Å². The average molecular weight is 1100 g/mol. The van der Waals surface area contributed by atoms with Crippen LogP contribution in [0.4, 0.5) is 0 Å². The van der Waals surface area contributed by atoms with E-state index in [1.807, 2.05) is 0 Å². The molecule has 0 saturated carbocycles. The van der Waals surface area contributed by atoms with Gasteiger partial charge in [-0.25, -0.2) is 0 Å².